The predicted molar refractivity (Wildman–Crippen MR) is 108 cm³/mol. The number of para-hydroxylation sites is 2. The van der Waals surface area contributed by atoms with Crippen LogP contribution in [0.3, 0.4) is 0 Å². The fourth-order valence-electron chi connectivity index (χ4n) is 4.02. The van der Waals surface area contributed by atoms with Gasteiger partial charge in [0.15, 0.2) is 11.6 Å². The summed E-state index contributed by atoms with van der Waals surface area (Å²) in [5, 5.41) is 15.3. The quantitative estimate of drug-likeness (QED) is 0.617. The third kappa shape index (κ3) is 4.90. The average molecular weight is 387 g/mol. The molecule has 28 heavy (non-hydrogen) atoms. The molecule has 152 valence electrons. The van der Waals surface area contributed by atoms with E-state index in [2.05, 4.69) is 5.32 Å². The monoisotopic (exact) mass is 387 g/mol. The Morgan fingerprint density at radius 1 is 1.11 bits per heavy atom. The molecule has 0 aromatic heterocycles. The van der Waals surface area contributed by atoms with Gasteiger partial charge in [0.2, 0.25) is 0 Å². The van der Waals surface area contributed by atoms with Crippen molar-refractivity contribution in [1.82, 2.24) is 5.32 Å². The highest BCUT2D eigenvalue weighted by atomic mass is 19.1. The summed E-state index contributed by atoms with van der Waals surface area (Å²) in [6, 6.07) is 13.8. The SMILES string of the molecule is COCCCC[C@@](O)(c1ccccc1Oc1ccccc1F)C1CCCNC1. The van der Waals surface area contributed by atoms with Crippen LogP contribution in [0, 0.1) is 11.7 Å². The summed E-state index contributed by atoms with van der Waals surface area (Å²) in [6.07, 6.45) is 4.31. The van der Waals surface area contributed by atoms with Crippen molar-refractivity contribution in [1.29, 1.82) is 0 Å². The Morgan fingerprint density at radius 2 is 1.86 bits per heavy atom. The minimum Gasteiger partial charge on any atom is -0.454 e. The van der Waals surface area contributed by atoms with Gasteiger partial charge in [0.25, 0.3) is 0 Å². The van der Waals surface area contributed by atoms with E-state index in [1.54, 1.807) is 31.4 Å². The van der Waals surface area contributed by atoms with Crippen LogP contribution >= 0.6 is 0 Å². The van der Waals surface area contributed by atoms with Gasteiger partial charge >= 0.3 is 0 Å². The van der Waals surface area contributed by atoms with Crippen molar-refractivity contribution >= 4 is 0 Å². The maximum absolute atomic E-state index is 14.1. The van der Waals surface area contributed by atoms with Crippen LogP contribution in [0.25, 0.3) is 0 Å². The van der Waals surface area contributed by atoms with Gasteiger partial charge in [-0.2, -0.15) is 0 Å². The highest BCUT2D eigenvalue weighted by Crippen LogP contribution is 2.43. The van der Waals surface area contributed by atoms with Crippen molar-refractivity contribution in [2.45, 2.75) is 37.7 Å². The number of methoxy groups -OCH3 is 1. The normalized spacial score (nSPS) is 19.2. The predicted octanol–water partition coefficient (Wildman–Crippen LogP) is 4.62. The van der Waals surface area contributed by atoms with Crippen LogP contribution in [0.4, 0.5) is 4.39 Å². The lowest BCUT2D eigenvalue weighted by Crippen LogP contribution is -2.44. The third-order valence-electron chi connectivity index (χ3n) is 5.54. The summed E-state index contributed by atoms with van der Waals surface area (Å²) in [6.45, 7) is 2.41. The second-order valence-electron chi connectivity index (χ2n) is 7.45. The minimum absolute atomic E-state index is 0.0779. The molecule has 1 aliphatic rings. The number of halogens is 1. The fourth-order valence-corrected chi connectivity index (χ4v) is 4.02. The molecule has 0 radical (unpaired) electrons. The first-order valence-electron chi connectivity index (χ1n) is 10.1. The maximum Gasteiger partial charge on any atom is 0.165 e. The molecule has 2 aromatic rings. The van der Waals surface area contributed by atoms with Gasteiger partial charge in [0.05, 0.1) is 5.60 Å². The van der Waals surface area contributed by atoms with Gasteiger partial charge in [-0.15, -0.1) is 0 Å². The summed E-state index contributed by atoms with van der Waals surface area (Å²) in [4.78, 5) is 0. The zero-order valence-electron chi connectivity index (χ0n) is 16.5. The van der Waals surface area contributed by atoms with Crippen LogP contribution in [-0.4, -0.2) is 31.9 Å². The highest BCUT2D eigenvalue weighted by Gasteiger charge is 2.40. The number of hydrogen-bond donors (Lipinski definition) is 2. The second-order valence-corrected chi connectivity index (χ2v) is 7.45. The smallest absolute Gasteiger partial charge is 0.165 e. The number of ether oxygens (including phenoxy) is 2. The van der Waals surface area contributed by atoms with E-state index in [1.807, 2.05) is 18.2 Å². The number of nitrogens with one attached hydrogen (secondary N) is 1. The average Bonchev–Trinajstić information content (AvgIpc) is 2.74. The number of unbranched alkanes of at least 4 members (excludes halogenated alkanes) is 1. The Hall–Kier alpha value is -1.95. The van der Waals surface area contributed by atoms with Gasteiger partial charge < -0.3 is 19.9 Å². The zero-order valence-corrected chi connectivity index (χ0v) is 16.5. The molecule has 0 aliphatic carbocycles. The van der Waals surface area contributed by atoms with Crippen LogP contribution in [-0.2, 0) is 10.3 Å². The number of piperidine rings is 1. The Balaban J connectivity index is 1.91. The standard InChI is InChI=1S/C23H30FNO3/c1-27-16-7-6-14-23(26,18-9-8-15-25-17-18)19-10-2-4-12-21(19)28-22-13-5-3-11-20(22)24/h2-5,10-13,18,25-26H,6-9,14-17H2,1H3/t18?,23-/m0/s1. The molecule has 1 aliphatic heterocycles. The van der Waals surface area contributed by atoms with Crippen molar-refractivity contribution in [3.8, 4) is 11.5 Å². The molecule has 1 saturated heterocycles. The van der Waals surface area contributed by atoms with E-state index < -0.39 is 11.4 Å². The van der Waals surface area contributed by atoms with Gasteiger partial charge in [0, 0.05) is 31.7 Å². The van der Waals surface area contributed by atoms with E-state index in [-0.39, 0.29) is 11.7 Å². The van der Waals surface area contributed by atoms with Gasteiger partial charge in [-0.05, 0) is 56.8 Å². The summed E-state index contributed by atoms with van der Waals surface area (Å²) < 4.78 is 25.2. The minimum atomic E-state index is -1.04. The molecular weight excluding hydrogens is 357 g/mol. The molecule has 3 rings (SSSR count). The van der Waals surface area contributed by atoms with Gasteiger partial charge in [-0.25, -0.2) is 4.39 Å². The molecule has 2 atom stereocenters. The van der Waals surface area contributed by atoms with Crippen LogP contribution in [0.15, 0.2) is 48.5 Å². The lowest BCUT2D eigenvalue weighted by molar-refractivity contribution is -0.0447. The molecular formula is C23H30FNO3. The van der Waals surface area contributed by atoms with Crippen molar-refractivity contribution in [2.24, 2.45) is 5.92 Å². The Bertz CT molecular complexity index is 748. The first-order valence-corrected chi connectivity index (χ1v) is 10.1. The van der Waals surface area contributed by atoms with E-state index in [1.165, 1.54) is 6.07 Å². The topological polar surface area (TPSA) is 50.7 Å². The highest BCUT2D eigenvalue weighted by molar-refractivity contribution is 5.42. The molecule has 0 amide bonds. The van der Waals surface area contributed by atoms with Crippen molar-refractivity contribution < 1.29 is 19.0 Å². The molecule has 1 fully saturated rings. The van der Waals surface area contributed by atoms with E-state index in [9.17, 15) is 9.50 Å². The summed E-state index contributed by atoms with van der Waals surface area (Å²) in [5.41, 5.74) is -0.312. The number of aliphatic hydroxyl groups is 1. The van der Waals surface area contributed by atoms with Crippen LogP contribution in [0.2, 0.25) is 0 Å². The summed E-state index contributed by atoms with van der Waals surface area (Å²) >= 11 is 0. The van der Waals surface area contributed by atoms with E-state index >= 15 is 0 Å². The van der Waals surface area contributed by atoms with E-state index in [4.69, 9.17) is 9.47 Å². The molecule has 1 unspecified atom stereocenters. The van der Waals surface area contributed by atoms with Crippen molar-refractivity contribution in [3.63, 3.8) is 0 Å². The Labute approximate surface area is 166 Å². The Kier molecular flexibility index (Phi) is 7.43. The van der Waals surface area contributed by atoms with Gasteiger partial charge in [0.1, 0.15) is 5.75 Å². The third-order valence-corrected chi connectivity index (χ3v) is 5.54. The molecule has 2 aromatic carbocycles. The zero-order chi connectivity index (χ0) is 19.8. The maximum atomic E-state index is 14.1. The van der Waals surface area contributed by atoms with Crippen molar-refractivity contribution in [3.05, 3.63) is 59.9 Å². The second kappa shape index (κ2) is 10.0. The van der Waals surface area contributed by atoms with E-state index in [0.717, 1.165) is 44.3 Å². The van der Waals surface area contributed by atoms with Crippen LogP contribution in [0.5, 0.6) is 11.5 Å². The molecule has 0 spiro atoms. The van der Waals surface area contributed by atoms with E-state index in [0.29, 0.717) is 18.8 Å². The Morgan fingerprint density at radius 3 is 2.57 bits per heavy atom. The molecule has 4 nitrogen and oxygen atoms in total. The van der Waals surface area contributed by atoms with Crippen LogP contribution < -0.4 is 10.1 Å². The van der Waals surface area contributed by atoms with Crippen LogP contribution in [0.1, 0.15) is 37.7 Å². The first-order chi connectivity index (χ1) is 13.6. The number of hydrogen-bond acceptors (Lipinski definition) is 4. The van der Waals surface area contributed by atoms with Gasteiger partial charge in [-0.3, -0.25) is 0 Å². The van der Waals surface area contributed by atoms with Crippen molar-refractivity contribution in [2.75, 3.05) is 26.8 Å². The molecule has 2 N–H and O–H groups in total. The molecule has 0 bridgehead atoms. The lowest BCUT2D eigenvalue weighted by Gasteiger charge is -2.40. The van der Waals surface area contributed by atoms with Gasteiger partial charge in [-0.1, -0.05) is 30.3 Å². The number of rotatable bonds is 9. The number of benzene rings is 2. The molecule has 5 heteroatoms. The summed E-state index contributed by atoms with van der Waals surface area (Å²) in [7, 11) is 1.69. The summed E-state index contributed by atoms with van der Waals surface area (Å²) in [5.74, 6) is 0.334. The fraction of sp³-hybridized carbons (Fsp3) is 0.478. The first kappa shape index (κ1) is 20.8. The lowest BCUT2D eigenvalue weighted by atomic mass is 9.74. The molecule has 0 saturated carbocycles. The molecule has 1 heterocycles. The largest absolute Gasteiger partial charge is 0.454 e.